The summed E-state index contributed by atoms with van der Waals surface area (Å²) in [5.41, 5.74) is -0.962. The van der Waals surface area contributed by atoms with Crippen LogP contribution in [0.4, 0.5) is 0 Å². The van der Waals surface area contributed by atoms with Crippen molar-refractivity contribution in [1.29, 1.82) is 0 Å². The lowest BCUT2D eigenvalue weighted by molar-refractivity contribution is -0.0426. The zero-order valence-electron chi connectivity index (χ0n) is 11.4. The first-order chi connectivity index (χ1) is 9.21. The van der Waals surface area contributed by atoms with Crippen molar-refractivity contribution >= 4 is 26.0 Å². The molecule has 0 aliphatic carbocycles. The zero-order chi connectivity index (χ0) is 15.1. The van der Waals surface area contributed by atoms with Crippen LogP contribution >= 0.6 is 15.9 Å². The van der Waals surface area contributed by atoms with Crippen molar-refractivity contribution in [3.63, 3.8) is 0 Å². The van der Waals surface area contributed by atoms with E-state index in [4.69, 9.17) is 9.47 Å². The fraction of sp³-hybridized carbons (Fsp3) is 0.500. The summed E-state index contributed by atoms with van der Waals surface area (Å²) in [6, 6.07) is 2.95. The van der Waals surface area contributed by atoms with Crippen LogP contribution in [0.15, 0.2) is 21.5 Å². The summed E-state index contributed by atoms with van der Waals surface area (Å²) in [7, 11) is -0.752. The molecule has 6 nitrogen and oxygen atoms in total. The summed E-state index contributed by atoms with van der Waals surface area (Å²) >= 11 is 3.23. The summed E-state index contributed by atoms with van der Waals surface area (Å²) in [5.74, 6) is 0.774. The highest BCUT2D eigenvalue weighted by molar-refractivity contribution is 9.10. The Morgan fingerprint density at radius 1 is 1.25 bits per heavy atom. The molecule has 1 aromatic carbocycles. The summed E-state index contributed by atoms with van der Waals surface area (Å²) < 4.78 is 36.8. The van der Waals surface area contributed by atoms with Crippen LogP contribution in [0.5, 0.6) is 11.5 Å². The minimum absolute atomic E-state index is 0.0795. The molecule has 1 heterocycles. The van der Waals surface area contributed by atoms with Crippen molar-refractivity contribution in [3.8, 4) is 11.5 Å². The van der Waals surface area contributed by atoms with Crippen molar-refractivity contribution in [2.75, 3.05) is 27.3 Å². The standard InChI is InChI=1S/C12H16BrNO5S/c1-12(15)6-14(7-12)20(16,17)11-5-10(19-3)9(18-2)4-8(11)13/h4-5,15H,6-7H2,1-3H3. The van der Waals surface area contributed by atoms with Crippen molar-refractivity contribution in [3.05, 3.63) is 16.6 Å². The molecule has 112 valence electrons. The van der Waals surface area contributed by atoms with Gasteiger partial charge < -0.3 is 14.6 Å². The number of aliphatic hydroxyl groups is 1. The lowest BCUT2D eigenvalue weighted by Gasteiger charge is -2.42. The number of benzene rings is 1. The molecule has 1 aliphatic rings. The molecule has 1 fully saturated rings. The second-order valence-corrected chi connectivity index (χ2v) is 7.67. The third-order valence-electron chi connectivity index (χ3n) is 3.09. The minimum atomic E-state index is -3.67. The third kappa shape index (κ3) is 2.65. The molecule has 1 saturated heterocycles. The Balaban J connectivity index is 2.42. The Bertz CT molecular complexity index is 621. The van der Waals surface area contributed by atoms with Crippen LogP contribution in [0.1, 0.15) is 6.92 Å². The van der Waals surface area contributed by atoms with E-state index in [1.165, 1.54) is 24.6 Å². The summed E-state index contributed by atoms with van der Waals surface area (Å²) in [6.45, 7) is 1.76. The summed E-state index contributed by atoms with van der Waals surface area (Å²) in [6.07, 6.45) is 0. The highest BCUT2D eigenvalue weighted by Crippen LogP contribution is 2.38. The number of halogens is 1. The molecule has 0 aromatic heterocycles. The first kappa shape index (κ1) is 15.6. The first-order valence-corrected chi connectivity index (χ1v) is 8.08. The van der Waals surface area contributed by atoms with E-state index in [-0.39, 0.29) is 18.0 Å². The van der Waals surface area contributed by atoms with E-state index in [1.807, 2.05) is 0 Å². The summed E-state index contributed by atoms with van der Waals surface area (Å²) in [5, 5.41) is 9.68. The van der Waals surface area contributed by atoms with Gasteiger partial charge in [-0.05, 0) is 28.9 Å². The van der Waals surface area contributed by atoms with Crippen LogP contribution in [0, 0.1) is 0 Å². The molecule has 20 heavy (non-hydrogen) atoms. The molecule has 0 amide bonds. The van der Waals surface area contributed by atoms with Gasteiger partial charge in [0.2, 0.25) is 10.0 Å². The molecule has 0 atom stereocenters. The Kier molecular flexibility index (Phi) is 4.03. The maximum atomic E-state index is 12.5. The second kappa shape index (κ2) is 5.18. The number of ether oxygens (including phenoxy) is 2. The van der Waals surface area contributed by atoms with Crippen LogP contribution in [-0.2, 0) is 10.0 Å². The molecule has 0 spiro atoms. The fourth-order valence-electron chi connectivity index (χ4n) is 2.06. The highest BCUT2D eigenvalue weighted by Gasteiger charge is 2.44. The smallest absolute Gasteiger partial charge is 0.244 e. The molecule has 0 saturated carbocycles. The molecule has 0 unspecified atom stereocenters. The van der Waals surface area contributed by atoms with Gasteiger partial charge in [-0.25, -0.2) is 8.42 Å². The predicted octanol–water partition coefficient (Wildman–Crippen LogP) is 1.22. The molecular formula is C12H16BrNO5S. The van der Waals surface area contributed by atoms with E-state index in [0.717, 1.165) is 0 Å². The Morgan fingerprint density at radius 2 is 1.75 bits per heavy atom. The summed E-state index contributed by atoms with van der Waals surface area (Å²) in [4.78, 5) is 0.0886. The van der Waals surface area contributed by atoms with Gasteiger partial charge in [0, 0.05) is 23.6 Å². The topological polar surface area (TPSA) is 76.1 Å². The normalized spacial score (nSPS) is 18.4. The lowest BCUT2D eigenvalue weighted by atomic mass is 10.0. The molecule has 1 N–H and O–H groups in total. The van der Waals surface area contributed by atoms with Crippen LogP contribution in [0.2, 0.25) is 0 Å². The fourth-order valence-corrected chi connectivity index (χ4v) is 4.73. The average Bonchev–Trinajstić information content (AvgIpc) is 2.35. The van der Waals surface area contributed by atoms with Crippen molar-refractivity contribution in [2.24, 2.45) is 0 Å². The van der Waals surface area contributed by atoms with E-state index in [9.17, 15) is 13.5 Å². The number of nitrogens with zero attached hydrogens (tertiary/aromatic N) is 1. The Hall–Kier alpha value is -0.830. The van der Waals surface area contributed by atoms with Gasteiger partial charge in [-0.3, -0.25) is 0 Å². The van der Waals surface area contributed by atoms with Gasteiger partial charge >= 0.3 is 0 Å². The monoisotopic (exact) mass is 365 g/mol. The Labute approximate surface area is 126 Å². The largest absolute Gasteiger partial charge is 0.493 e. The van der Waals surface area contributed by atoms with Crippen LogP contribution in [-0.4, -0.2) is 50.7 Å². The van der Waals surface area contributed by atoms with Gasteiger partial charge in [0.05, 0.1) is 19.8 Å². The van der Waals surface area contributed by atoms with Gasteiger partial charge in [0.15, 0.2) is 11.5 Å². The molecule has 1 aromatic rings. The van der Waals surface area contributed by atoms with Crippen molar-refractivity contribution < 1.29 is 23.0 Å². The number of hydrogen-bond donors (Lipinski definition) is 1. The molecular weight excluding hydrogens is 350 g/mol. The van der Waals surface area contributed by atoms with E-state index in [2.05, 4.69) is 15.9 Å². The van der Waals surface area contributed by atoms with Crippen LogP contribution < -0.4 is 9.47 Å². The van der Waals surface area contributed by atoms with Crippen molar-refractivity contribution in [2.45, 2.75) is 17.4 Å². The van der Waals surface area contributed by atoms with E-state index in [1.54, 1.807) is 13.0 Å². The number of β-amino-alcohol motifs (C(OH)–C–C–N with tert-alkyl or cyclic N) is 1. The predicted molar refractivity (Wildman–Crippen MR) is 76.6 cm³/mol. The van der Waals surface area contributed by atoms with Crippen molar-refractivity contribution in [1.82, 2.24) is 4.31 Å². The number of methoxy groups -OCH3 is 2. The molecule has 0 radical (unpaired) electrons. The maximum absolute atomic E-state index is 12.5. The van der Waals surface area contributed by atoms with Gasteiger partial charge in [-0.15, -0.1) is 0 Å². The zero-order valence-corrected chi connectivity index (χ0v) is 13.8. The second-order valence-electron chi connectivity index (χ2n) is 4.91. The average molecular weight is 366 g/mol. The van der Waals surface area contributed by atoms with Gasteiger partial charge in [-0.1, -0.05) is 0 Å². The van der Waals surface area contributed by atoms with E-state index >= 15 is 0 Å². The maximum Gasteiger partial charge on any atom is 0.244 e. The van der Waals surface area contributed by atoms with Crippen LogP contribution in [0.3, 0.4) is 0 Å². The van der Waals surface area contributed by atoms with E-state index < -0.39 is 15.6 Å². The molecule has 8 heteroatoms. The van der Waals surface area contributed by atoms with Gasteiger partial charge in [0.25, 0.3) is 0 Å². The molecule has 1 aliphatic heterocycles. The van der Waals surface area contributed by atoms with Gasteiger partial charge in [-0.2, -0.15) is 4.31 Å². The van der Waals surface area contributed by atoms with Gasteiger partial charge in [0.1, 0.15) is 4.90 Å². The number of sulfonamides is 1. The Morgan fingerprint density at radius 3 is 2.20 bits per heavy atom. The molecule has 0 bridgehead atoms. The SMILES string of the molecule is COc1cc(Br)c(S(=O)(=O)N2CC(C)(O)C2)cc1OC. The van der Waals surface area contributed by atoms with Crippen LogP contribution in [0.25, 0.3) is 0 Å². The molecule has 2 rings (SSSR count). The van der Waals surface area contributed by atoms with E-state index in [0.29, 0.717) is 16.0 Å². The first-order valence-electron chi connectivity index (χ1n) is 5.85. The third-order valence-corrected chi connectivity index (χ3v) is 5.84. The number of hydrogen-bond acceptors (Lipinski definition) is 5. The quantitative estimate of drug-likeness (QED) is 0.867. The number of rotatable bonds is 4. The highest BCUT2D eigenvalue weighted by atomic mass is 79.9. The minimum Gasteiger partial charge on any atom is -0.493 e. The lowest BCUT2D eigenvalue weighted by Crippen LogP contribution is -2.61.